The fraction of sp³-hybridized carbons (Fsp3) is 0.214. The van der Waals surface area contributed by atoms with Crippen LogP contribution in [-0.2, 0) is 9.59 Å². The van der Waals surface area contributed by atoms with Crippen LogP contribution in [0.5, 0.6) is 11.5 Å². The number of likely N-dealkylation sites (N-methyl/N-ethyl adjacent to an activating group) is 1. The van der Waals surface area contributed by atoms with Crippen molar-refractivity contribution in [1.82, 2.24) is 10.2 Å². The van der Waals surface area contributed by atoms with Crippen molar-refractivity contribution >= 4 is 23.8 Å². The van der Waals surface area contributed by atoms with E-state index in [1.165, 1.54) is 11.8 Å². The first kappa shape index (κ1) is 13.2. The largest absolute Gasteiger partial charge is 0.454 e. The molecule has 7 nitrogen and oxygen atoms in total. The predicted octanol–water partition coefficient (Wildman–Crippen LogP) is 0.720. The fourth-order valence-corrected chi connectivity index (χ4v) is 2.07. The molecule has 0 bridgehead atoms. The Morgan fingerprint density at radius 3 is 2.90 bits per heavy atom. The van der Waals surface area contributed by atoms with Gasteiger partial charge >= 0.3 is 0 Å². The van der Waals surface area contributed by atoms with Crippen LogP contribution in [0.1, 0.15) is 12.5 Å². The zero-order valence-corrected chi connectivity index (χ0v) is 11.5. The number of guanidine groups is 1. The van der Waals surface area contributed by atoms with Gasteiger partial charge in [-0.3, -0.25) is 14.9 Å². The minimum atomic E-state index is -0.404. The molecule has 21 heavy (non-hydrogen) atoms. The van der Waals surface area contributed by atoms with Crippen LogP contribution in [0.4, 0.5) is 0 Å². The van der Waals surface area contributed by atoms with Crippen molar-refractivity contribution < 1.29 is 19.1 Å². The number of carbonyl (C=O) groups is 2. The van der Waals surface area contributed by atoms with Gasteiger partial charge in [0.1, 0.15) is 5.70 Å². The molecule has 108 valence electrons. The van der Waals surface area contributed by atoms with E-state index >= 15 is 0 Å². The number of nitrogens with one attached hydrogen (secondary N) is 1. The SMILES string of the molecule is CC(=O)NC1=NC(=O)/C(=C\c2ccc3c(c2)OCO3)N1C. The molecular formula is C14H13N3O4. The van der Waals surface area contributed by atoms with E-state index in [2.05, 4.69) is 10.3 Å². The Balaban J connectivity index is 1.87. The first-order valence-electron chi connectivity index (χ1n) is 6.30. The van der Waals surface area contributed by atoms with Gasteiger partial charge in [0.15, 0.2) is 11.5 Å². The average Bonchev–Trinajstić information content (AvgIpc) is 2.98. The first-order valence-corrected chi connectivity index (χ1v) is 6.30. The second-order valence-corrected chi connectivity index (χ2v) is 4.62. The summed E-state index contributed by atoms with van der Waals surface area (Å²) in [4.78, 5) is 28.3. The number of ether oxygens (including phenoxy) is 2. The highest BCUT2D eigenvalue weighted by atomic mass is 16.7. The Morgan fingerprint density at radius 1 is 1.38 bits per heavy atom. The van der Waals surface area contributed by atoms with Gasteiger partial charge in [-0.2, -0.15) is 4.99 Å². The summed E-state index contributed by atoms with van der Waals surface area (Å²) in [5.41, 5.74) is 1.16. The second kappa shape index (κ2) is 4.93. The third kappa shape index (κ3) is 2.45. The zero-order chi connectivity index (χ0) is 15.0. The third-order valence-corrected chi connectivity index (χ3v) is 3.09. The van der Waals surface area contributed by atoms with Gasteiger partial charge in [0.25, 0.3) is 5.91 Å². The van der Waals surface area contributed by atoms with Crippen LogP contribution in [0, 0.1) is 0 Å². The molecule has 0 atom stereocenters. The number of benzene rings is 1. The van der Waals surface area contributed by atoms with Crippen LogP contribution in [0.3, 0.4) is 0 Å². The van der Waals surface area contributed by atoms with Crippen LogP contribution in [-0.4, -0.2) is 36.5 Å². The summed E-state index contributed by atoms with van der Waals surface area (Å²) in [5, 5.41) is 2.51. The van der Waals surface area contributed by atoms with Crippen LogP contribution in [0.25, 0.3) is 6.08 Å². The van der Waals surface area contributed by atoms with Gasteiger partial charge in [0.2, 0.25) is 18.7 Å². The lowest BCUT2D eigenvalue weighted by atomic mass is 10.1. The Hall–Kier alpha value is -2.83. The number of carbonyl (C=O) groups excluding carboxylic acids is 2. The number of aliphatic imine (C=N–C) groups is 1. The quantitative estimate of drug-likeness (QED) is 0.770. The van der Waals surface area contributed by atoms with E-state index in [1.807, 2.05) is 6.07 Å². The second-order valence-electron chi connectivity index (χ2n) is 4.62. The molecule has 1 aromatic carbocycles. The lowest BCUT2D eigenvalue weighted by Crippen LogP contribution is -2.37. The summed E-state index contributed by atoms with van der Waals surface area (Å²) >= 11 is 0. The molecule has 1 aromatic rings. The van der Waals surface area contributed by atoms with Crippen LogP contribution in [0.15, 0.2) is 28.9 Å². The normalized spacial score (nSPS) is 18.2. The molecule has 0 aromatic heterocycles. The van der Waals surface area contributed by atoms with Gasteiger partial charge in [0.05, 0.1) is 0 Å². The summed E-state index contributed by atoms with van der Waals surface area (Å²) in [6.07, 6.45) is 1.68. The lowest BCUT2D eigenvalue weighted by molar-refractivity contribution is -0.117. The topological polar surface area (TPSA) is 80.2 Å². The maximum Gasteiger partial charge on any atom is 0.296 e. The monoisotopic (exact) mass is 287 g/mol. The first-order chi connectivity index (χ1) is 10.0. The average molecular weight is 287 g/mol. The standard InChI is InChI=1S/C14H13N3O4/c1-8(18)15-14-16-13(19)10(17(14)2)5-9-3-4-11-12(6-9)21-7-20-11/h3-6H,7H2,1-2H3,(H,15,16,18,19)/b10-5+. The molecular weight excluding hydrogens is 274 g/mol. The van der Waals surface area contributed by atoms with E-state index in [9.17, 15) is 9.59 Å². The molecule has 0 saturated carbocycles. The number of hydrogen-bond donors (Lipinski definition) is 1. The molecule has 2 aliphatic heterocycles. The number of amides is 2. The summed E-state index contributed by atoms with van der Waals surface area (Å²) in [6.45, 7) is 1.56. The van der Waals surface area contributed by atoms with Crippen molar-refractivity contribution in [2.24, 2.45) is 4.99 Å². The molecule has 1 N–H and O–H groups in total. The van der Waals surface area contributed by atoms with Gasteiger partial charge in [-0.05, 0) is 23.8 Å². The van der Waals surface area contributed by atoms with Crippen LogP contribution >= 0.6 is 0 Å². The smallest absolute Gasteiger partial charge is 0.296 e. The highest BCUT2D eigenvalue weighted by Crippen LogP contribution is 2.33. The summed E-state index contributed by atoms with van der Waals surface area (Å²) in [6, 6.07) is 5.38. The number of fused-ring (bicyclic) bond motifs is 1. The van der Waals surface area contributed by atoms with E-state index in [1.54, 1.807) is 25.3 Å². The van der Waals surface area contributed by atoms with E-state index in [0.717, 1.165) is 5.56 Å². The molecule has 0 saturated heterocycles. The summed E-state index contributed by atoms with van der Waals surface area (Å²) in [5.74, 6) is 0.857. The Bertz CT molecular complexity index is 693. The summed E-state index contributed by atoms with van der Waals surface area (Å²) < 4.78 is 10.5. The summed E-state index contributed by atoms with van der Waals surface area (Å²) in [7, 11) is 1.67. The Kier molecular flexibility index (Phi) is 3.09. The molecule has 0 fully saturated rings. The van der Waals surface area contributed by atoms with Gasteiger partial charge in [-0.25, -0.2) is 0 Å². The Morgan fingerprint density at radius 2 is 2.14 bits per heavy atom. The number of hydrogen-bond acceptors (Lipinski definition) is 5. The van der Waals surface area contributed by atoms with Crippen molar-refractivity contribution in [2.45, 2.75) is 6.92 Å². The number of rotatable bonds is 1. The molecule has 0 radical (unpaired) electrons. The zero-order valence-electron chi connectivity index (χ0n) is 11.5. The number of nitrogens with zero attached hydrogens (tertiary/aromatic N) is 2. The minimum Gasteiger partial charge on any atom is -0.454 e. The van der Waals surface area contributed by atoms with E-state index in [-0.39, 0.29) is 18.7 Å². The van der Waals surface area contributed by atoms with Gasteiger partial charge in [0, 0.05) is 14.0 Å². The van der Waals surface area contributed by atoms with Crippen molar-refractivity contribution in [1.29, 1.82) is 0 Å². The lowest BCUT2D eigenvalue weighted by Gasteiger charge is -2.14. The predicted molar refractivity (Wildman–Crippen MR) is 74.6 cm³/mol. The van der Waals surface area contributed by atoms with Gasteiger partial charge in [-0.1, -0.05) is 6.07 Å². The van der Waals surface area contributed by atoms with Crippen molar-refractivity contribution in [3.05, 3.63) is 29.5 Å². The van der Waals surface area contributed by atoms with Gasteiger partial charge in [-0.15, -0.1) is 0 Å². The van der Waals surface area contributed by atoms with Crippen LogP contribution in [0.2, 0.25) is 0 Å². The molecule has 0 unspecified atom stereocenters. The molecule has 2 amide bonds. The van der Waals surface area contributed by atoms with Crippen molar-refractivity contribution in [3.63, 3.8) is 0 Å². The molecule has 2 aliphatic rings. The van der Waals surface area contributed by atoms with Crippen molar-refractivity contribution in [3.8, 4) is 11.5 Å². The molecule has 0 aliphatic carbocycles. The van der Waals surface area contributed by atoms with E-state index in [0.29, 0.717) is 17.2 Å². The van der Waals surface area contributed by atoms with Gasteiger partial charge < -0.3 is 14.4 Å². The highest BCUT2D eigenvalue weighted by Gasteiger charge is 2.27. The maximum absolute atomic E-state index is 11.9. The molecule has 0 spiro atoms. The molecule has 3 rings (SSSR count). The molecule has 7 heteroatoms. The Labute approximate surface area is 120 Å². The van der Waals surface area contributed by atoms with Crippen LogP contribution < -0.4 is 14.8 Å². The third-order valence-electron chi connectivity index (χ3n) is 3.09. The van der Waals surface area contributed by atoms with E-state index in [4.69, 9.17) is 9.47 Å². The molecule has 2 heterocycles. The maximum atomic E-state index is 11.9. The minimum absolute atomic E-state index is 0.198. The highest BCUT2D eigenvalue weighted by molar-refractivity contribution is 6.15. The fourth-order valence-electron chi connectivity index (χ4n) is 2.07. The van der Waals surface area contributed by atoms with Crippen molar-refractivity contribution in [2.75, 3.05) is 13.8 Å². The van der Waals surface area contributed by atoms with E-state index < -0.39 is 5.91 Å².